The molecule has 4 heteroatoms. The van der Waals surface area contributed by atoms with Crippen molar-refractivity contribution >= 4 is 11.0 Å². The number of H-pyrrole nitrogens is 1. The SMILES string of the molecule is Cc1cc(CC2CCN(Cc3nc4ccccc4[nH]3)C2)cc(C)n1. The van der Waals surface area contributed by atoms with Gasteiger partial charge in [-0.3, -0.25) is 9.88 Å². The average molecular weight is 320 g/mol. The van der Waals surface area contributed by atoms with Crippen LogP contribution in [0.2, 0.25) is 0 Å². The average Bonchev–Trinajstić information content (AvgIpc) is 3.12. The minimum atomic E-state index is 0.732. The number of pyridine rings is 1. The number of rotatable bonds is 4. The zero-order valence-corrected chi connectivity index (χ0v) is 14.4. The highest BCUT2D eigenvalue weighted by Gasteiger charge is 2.23. The van der Waals surface area contributed by atoms with Crippen molar-refractivity contribution in [3.63, 3.8) is 0 Å². The lowest BCUT2D eigenvalue weighted by Crippen LogP contribution is -2.21. The van der Waals surface area contributed by atoms with Crippen molar-refractivity contribution in [2.45, 2.75) is 33.2 Å². The summed E-state index contributed by atoms with van der Waals surface area (Å²) in [6, 6.07) is 12.7. The monoisotopic (exact) mass is 320 g/mol. The van der Waals surface area contributed by atoms with Gasteiger partial charge in [-0.25, -0.2) is 4.98 Å². The summed E-state index contributed by atoms with van der Waals surface area (Å²) in [7, 11) is 0. The molecule has 0 bridgehead atoms. The molecule has 1 aliphatic heterocycles. The van der Waals surface area contributed by atoms with Crippen LogP contribution >= 0.6 is 0 Å². The highest BCUT2D eigenvalue weighted by molar-refractivity contribution is 5.74. The molecule has 3 heterocycles. The van der Waals surface area contributed by atoms with Gasteiger partial charge in [0.1, 0.15) is 5.82 Å². The van der Waals surface area contributed by atoms with Gasteiger partial charge in [0.2, 0.25) is 0 Å². The summed E-state index contributed by atoms with van der Waals surface area (Å²) >= 11 is 0. The van der Waals surface area contributed by atoms with E-state index in [1.807, 2.05) is 6.07 Å². The first-order valence-corrected chi connectivity index (χ1v) is 8.76. The molecule has 1 atom stereocenters. The van der Waals surface area contributed by atoms with Crippen LogP contribution in [0.1, 0.15) is 29.2 Å². The summed E-state index contributed by atoms with van der Waals surface area (Å²) in [4.78, 5) is 15.1. The number of benzene rings is 1. The van der Waals surface area contributed by atoms with Crippen LogP contribution in [0.25, 0.3) is 11.0 Å². The Morgan fingerprint density at radius 2 is 1.92 bits per heavy atom. The van der Waals surface area contributed by atoms with E-state index in [9.17, 15) is 0 Å². The summed E-state index contributed by atoms with van der Waals surface area (Å²) < 4.78 is 0. The molecular formula is C20H24N4. The third kappa shape index (κ3) is 3.34. The van der Waals surface area contributed by atoms with Crippen molar-refractivity contribution in [3.05, 3.63) is 59.2 Å². The van der Waals surface area contributed by atoms with Crippen molar-refractivity contribution in [1.82, 2.24) is 19.9 Å². The molecule has 1 aromatic carbocycles. The molecule has 1 unspecified atom stereocenters. The largest absolute Gasteiger partial charge is 0.341 e. The fourth-order valence-electron chi connectivity index (χ4n) is 3.89. The van der Waals surface area contributed by atoms with Crippen molar-refractivity contribution in [2.24, 2.45) is 5.92 Å². The number of hydrogen-bond acceptors (Lipinski definition) is 3. The summed E-state index contributed by atoms with van der Waals surface area (Å²) in [5.74, 6) is 1.81. The number of hydrogen-bond donors (Lipinski definition) is 1. The van der Waals surface area contributed by atoms with Gasteiger partial charge in [-0.1, -0.05) is 12.1 Å². The summed E-state index contributed by atoms with van der Waals surface area (Å²) in [5.41, 5.74) is 5.87. The van der Waals surface area contributed by atoms with Gasteiger partial charge in [0, 0.05) is 17.9 Å². The van der Waals surface area contributed by atoms with Gasteiger partial charge in [-0.2, -0.15) is 0 Å². The lowest BCUT2D eigenvalue weighted by molar-refractivity contribution is 0.309. The van der Waals surface area contributed by atoms with Crippen LogP contribution in [0, 0.1) is 19.8 Å². The molecule has 4 rings (SSSR count). The number of para-hydroxylation sites is 2. The highest BCUT2D eigenvalue weighted by atomic mass is 15.2. The lowest BCUT2D eigenvalue weighted by atomic mass is 9.98. The number of nitrogens with one attached hydrogen (secondary N) is 1. The number of aryl methyl sites for hydroxylation is 2. The van der Waals surface area contributed by atoms with E-state index in [1.54, 1.807) is 0 Å². The maximum Gasteiger partial charge on any atom is 0.121 e. The van der Waals surface area contributed by atoms with Crippen LogP contribution in [-0.4, -0.2) is 32.9 Å². The Labute approximate surface area is 142 Å². The number of likely N-dealkylation sites (tertiary alicyclic amines) is 1. The molecule has 2 aromatic heterocycles. The molecule has 0 aliphatic carbocycles. The summed E-state index contributed by atoms with van der Waals surface area (Å²) in [6.07, 6.45) is 2.42. The van der Waals surface area contributed by atoms with Crippen LogP contribution < -0.4 is 0 Å². The first-order valence-electron chi connectivity index (χ1n) is 8.76. The topological polar surface area (TPSA) is 44.8 Å². The maximum absolute atomic E-state index is 4.70. The second-order valence-corrected chi connectivity index (χ2v) is 7.05. The summed E-state index contributed by atoms with van der Waals surface area (Å²) in [6.45, 7) is 7.39. The quantitative estimate of drug-likeness (QED) is 0.798. The molecule has 24 heavy (non-hydrogen) atoms. The minimum Gasteiger partial charge on any atom is -0.341 e. The van der Waals surface area contributed by atoms with Crippen molar-refractivity contribution in [1.29, 1.82) is 0 Å². The van der Waals surface area contributed by atoms with E-state index in [-0.39, 0.29) is 0 Å². The third-order valence-electron chi connectivity index (χ3n) is 4.85. The van der Waals surface area contributed by atoms with Gasteiger partial charge >= 0.3 is 0 Å². The van der Waals surface area contributed by atoms with E-state index in [0.29, 0.717) is 0 Å². The zero-order valence-electron chi connectivity index (χ0n) is 14.4. The fraction of sp³-hybridized carbons (Fsp3) is 0.400. The van der Waals surface area contributed by atoms with Crippen LogP contribution in [0.3, 0.4) is 0 Å². The predicted octanol–water partition coefficient (Wildman–Crippen LogP) is 3.64. The molecule has 0 amide bonds. The van der Waals surface area contributed by atoms with E-state index in [1.165, 1.54) is 12.0 Å². The van der Waals surface area contributed by atoms with Crippen LogP contribution in [-0.2, 0) is 13.0 Å². The Kier molecular flexibility index (Phi) is 4.07. The molecule has 4 nitrogen and oxygen atoms in total. The molecule has 124 valence electrons. The van der Waals surface area contributed by atoms with Gasteiger partial charge in [0.25, 0.3) is 0 Å². The third-order valence-corrected chi connectivity index (χ3v) is 4.85. The number of imidazole rings is 1. The first-order chi connectivity index (χ1) is 11.7. The maximum atomic E-state index is 4.70. The Morgan fingerprint density at radius 1 is 1.12 bits per heavy atom. The van der Waals surface area contributed by atoms with Gasteiger partial charge in [0.05, 0.1) is 17.6 Å². The fourth-order valence-corrected chi connectivity index (χ4v) is 3.89. The standard InChI is InChI=1S/C20H24N4/c1-14-9-17(10-15(2)21-14)11-16-7-8-24(12-16)13-20-22-18-5-3-4-6-19(18)23-20/h3-6,9-10,16H,7-8,11-13H2,1-2H3,(H,22,23). The molecule has 1 fully saturated rings. The number of aromatic amines is 1. The van der Waals surface area contributed by atoms with Crippen LogP contribution in [0.4, 0.5) is 0 Å². The van der Waals surface area contributed by atoms with Gasteiger partial charge in [-0.15, -0.1) is 0 Å². The van der Waals surface area contributed by atoms with E-state index in [2.05, 4.69) is 59.0 Å². The smallest absolute Gasteiger partial charge is 0.121 e. The zero-order chi connectivity index (χ0) is 16.5. The highest BCUT2D eigenvalue weighted by Crippen LogP contribution is 2.23. The molecule has 1 N–H and O–H groups in total. The van der Waals surface area contributed by atoms with Gasteiger partial charge in [-0.05, 0) is 69.0 Å². The first kappa shape index (κ1) is 15.3. The normalized spacial score (nSPS) is 18.5. The molecular weight excluding hydrogens is 296 g/mol. The number of aromatic nitrogens is 3. The van der Waals surface area contributed by atoms with Crippen molar-refractivity contribution in [3.8, 4) is 0 Å². The van der Waals surface area contributed by atoms with E-state index in [0.717, 1.165) is 60.2 Å². The molecule has 0 saturated carbocycles. The van der Waals surface area contributed by atoms with Crippen molar-refractivity contribution < 1.29 is 0 Å². The minimum absolute atomic E-state index is 0.732. The Bertz CT molecular complexity index is 798. The lowest BCUT2D eigenvalue weighted by Gasteiger charge is -2.15. The predicted molar refractivity (Wildman–Crippen MR) is 96.9 cm³/mol. The second-order valence-electron chi connectivity index (χ2n) is 7.05. The molecule has 1 aliphatic rings. The number of fused-ring (bicyclic) bond motifs is 1. The Hall–Kier alpha value is -2.20. The van der Waals surface area contributed by atoms with Crippen molar-refractivity contribution in [2.75, 3.05) is 13.1 Å². The van der Waals surface area contributed by atoms with E-state index >= 15 is 0 Å². The van der Waals surface area contributed by atoms with E-state index in [4.69, 9.17) is 4.98 Å². The number of nitrogens with zero attached hydrogens (tertiary/aromatic N) is 3. The second kappa shape index (κ2) is 6.36. The Morgan fingerprint density at radius 3 is 2.71 bits per heavy atom. The molecule has 3 aromatic rings. The van der Waals surface area contributed by atoms with Crippen LogP contribution in [0.15, 0.2) is 36.4 Å². The molecule has 0 spiro atoms. The Balaban J connectivity index is 1.39. The summed E-state index contributed by atoms with van der Waals surface area (Å²) in [5, 5.41) is 0. The molecule has 1 saturated heterocycles. The van der Waals surface area contributed by atoms with Crippen LogP contribution in [0.5, 0.6) is 0 Å². The molecule has 0 radical (unpaired) electrons. The van der Waals surface area contributed by atoms with E-state index < -0.39 is 0 Å². The van der Waals surface area contributed by atoms with Gasteiger partial charge in [0.15, 0.2) is 0 Å². The van der Waals surface area contributed by atoms with Gasteiger partial charge < -0.3 is 4.98 Å².